The van der Waals surface area contributed by atoms with Crippen molar-refractivity contribution in [2.24, 2.45) is 0 Å². The summed E-state index contributed by atoms with van der Waals surface area (Å²) in [4.78, 5) is 14.1. The maximum Gasteiger partial charge on any atom is 0.258 e. The van der Waals surface area contributed by atoms with Crippen LogP contribution in [0.15, 0.2) is 48.5 Å². The molecule has 0 aliphatic carbocycles. The number of amides is 1. The van der Waals surface area contributed by atoms with Crippen LogP contribution in [-0.4, -0.2) is 19.5 Å². The van der Waals surface area contributed by atoms with Crippen molar-refractivity contribution in [1.29, 1.82) is 0 Å². The van der Waals surface area contributed by atoms with E-state index in [4.69, 9.17) is 0 Å². The van der Waals surface area contributed by atoms with Crippen LogP contribution >= 0.6 is 0 Å². The van der Waals surface area contributed by atoms with Gasteiger partial charge in [-0.05, 0) is 55.5 Å². The van der Waals surface area contributed by atoms with Gasteiger partial charge in [0.1, 0.15) is 5.82 Å². The molecule has 0 heterocycles. The molecule has 2 aromatic rings. The van der Waals surface area contributed by atoms with E-state index in [1.807, 2.05) is 26.1 Å². The minimum Gasteiger partial charge on any atom is -0.388 e. The summed E-state index contributed by atoms with van der Waals surface area (Å²) in [6.45, 7) is 2.42. The molecule has 0 saturated carbocycles. The van der Waals surface area contributed by atoms with Gasteiger partial charge in [-0.2, -0.15) is 0 Å². The van der Waals surface area contributed by atoms with Crippen LogP contribution in [0, 0.1) is 5.82 Å². The summed E-state index contributed by atoms with van der Waals surface area (Å²) in [7, 11) is 1.83. The van der Waals surface area contributed by atoms with E-state index >= 15 is 0 Å². The van der Waals surface area contributed by atoms with E-state index in [2.05, 4.69) is 5.32 Å². The van der Waals surface area contributed by atoms with E-state index in [1.54, 1.807) is 29.2 Å². The van der Waals surface area contributed by atoms with Gasteiger partial charge in [-0.3, -0.25) is 4.79 Å². The second kappa shape index (κ2) is 6.19. The topological polar surface area (TPSA) is 32.3 Å². The van der Waals surface area contributed by atoms with Gasteiger partial charge in [0.25, 0.3) is 5.91 Å². The van der Waals surface area contributed by atoms with Crippen molar-refractivity contribution in [2.75, 3.05) is 23.8 Å². The quantitative estimate of drug-likeness (QED) is 0.923. The maximum absolute atomic E-state index is 13.0. The molecule has 3 nitrogen and oxygen atoms in total. The molecule has 2 aromatic carbocycles. The fraction of sp³-hybridized carbons (Fsp3) is 0.188. The molecule has 0 aliphatic rings. The number of carbonyl (C=O) groups is 1. The Labute approximate surface area is 118 Å². The first-order valence-corrected chi connectivity index (χ1v) is 6.51. The smallest absolute Gasteiger partial charge is 0.258 e. The molecule has 0 bridgehead atoms. The van der Waals surface area contributed by atoms with Crippen LogP contribution in [0.25, 0.3) is 0 Å². The standard InChI is InChI=1S/C16H17FN2O/c1-3-19(15-10-6-13(17)7-11-15)16(20)12-4-8-14(18-2)9-5-12/h4-11,18H,3H2,1-2H3. The lowest BCUT2D eigenvalue weighted by Gasteiger charge is -2.21. The van der Waals surface area contributed by atoms with Crippen molar-refractivity contribution in [3.05, 3.63) is 59.9 Å². The van der Waals surface area contributed by atoms with Gasteiger partial charge in [0.05, 0.1) is 0 Å². The molecule has 0 saturated heterocycles. The lowest BCUT2D eigenvalue weighted by molar-refractivity contribution is 0.0988. The first-order valence-electron chi connectivity index (χ1n) is 6.51. The van der Waals surface area contributed by atoms with Gasteiger partial charge in [-0.15, -0.1) is 0 Å². The summed E-state index contributed by atoms with van der Waals surface area (Å²) in [6.07, 6.45) is 0. The summed E-state index contributed by atoms with van der Waals surface area (Å²) in [5.74, 6) is -0.405. The van der Waals surface area contributed by atoms with Gasteiger partial charge in [-0.25, -0.2) is 4.39 Å². The van der Waals surface area contributed by atoms with Crippen LogP contribution in [0.1, 0.15) is 17.3 Å². The molecule has 0 fully saturated rings. The van der Waals surface area contributed by atoms with Crippen molar-refractivity contribution in [2.45, 2.75) is 6.92 Å². The van der Waals surface area contributed by atoms with Gasteiger partial charge in [0, 0.05) is 30.5 Å². The largest absolute Gasteiger partial charge is 0.388 e. The zero-order chi connectivity index (χ0) is 14.5. The van der Waals surface area contributed by atoms with Crippen LogP contribution in [0.2, 0.25) is 0 Å². The highest BCUT2D eigenvalue weighted by Crippen LogP contribution is 2.18. The van der Waals surface area contributed by atoms with Crippen molar-refractivity contribution >= 4 is 17.3 Å². The molecule has 20 heavy (non-hydrogen) atoms. The fourth-order valence-corrected chi connectivity index (χ4v) is 2.00. The fourth-order valence-electron chi connectivity index (χ4n) is 2.00. The van der Waals surface area contributed by atoms with E-state index in [0.717, 1.165) is 5.69 Å². The van der Waals surface area contributed by atoms with Gasteiger partial charge in [0.15, 0.2) is 0 Å². The molecule has 104 valence electrons. The summed E-state index contributed by atoms with van der Waals surface area (Å²) >= 11 is 0. The van der Waals surface area contributed by atoms with Gasteiger partial charge in [0.2, 0.25) is 0 Å². The number of anilines is 2. The molecule has 1 N–H and O–H groups in total. The Kier molecular flexibility index (Phi) is 4.35. The summed E-state index contributed by atoms with van der Waals surface area (Å²) in [6, 6.07) is 13.2. The second-order valence-electron chi connectivity index (χ2n) is 4.35. The van der Waals surface area contributed by atoms with E-state index < -0.39 is 0 Å². The first kappa shape index (κ1) is 14.1. The second-order valence-corrected chi connectivity index (χ2v) is 4.35. The highest BCUT2D eigenvalue weighted by molar-refractivity contribution is 6.06. The van der Waals surface area contributed by atoms with Gasteiger partial charge in [-0.1, -0.05) is 0 Å². The summed E-state index contributed by atoms with van der Waals surface area (Å²) < 4.78 is 13.0. The average Bonchev–Trinajstić information content (AvgIpc) is 2.50. The highest BCUT2D eigenvalue weighted by Gasteiger charge is 2.15. The number of hydrogen-bond donors (Lipinski definition) is 1. The Morgan fingerprint density at radius 2 is 1.70 bits per heavy atom. The molecular weight excluding hydrogens is 255 g/mol. The number of rotatable bonds is 4. The Balaban J connectivity index is 2.26. The van der Waals surface area contributed by atoms with Crippen molar-refractivity contribution in [3.63, 3.8) is 0 Å². The minimum absolute atomic E-state index is 0.0956. The number of hydrogen-bond acceptors (Lipinski definition) is 2. The van der Waals surface area contributed by atoms with Crippen LogP contribution in [0.5, 0.6) is 0 Å². The Hall–Kier alpha value is -2.36. The Morgan fingerprint density at radius 1 is 1.10 bits per heavy atom. The molecule has 2 rings (SSSR count). The number of nitrogens with one attached hydrogen (secondary N) is 1. The number of halogens is 1. The normalized spacial score (nSPS) is 10.2. The minimum atomic E-state index is -0.310. The van der Waals surface area contributed by atoms with Crippen LogP contribution < -0.4 is 10.2 Å². The molecule has 0 aromatic heterocycles. The number of carbonyl (C=O) groups excluding carboxylic acids is 1. The molecular formula is C16H17FN2O. The molecule has 0 atom stereocenters. The van der Waals surface area contributed by atoms with E-state index in [1.165, 1.54) is 12.1 Å². The number of nitrogens with zero attached hydrogens (tertiary/aromatic N) is 1. The monoisotopic (exact) mass is 272 g/mol. The molecule has 0 radical (unpaired) electrons. The first-order chi connectivity index (χ1) is 9.65. The SMILES string of the molecule is CCN(C(=O)c1ccc(NC)cc1)c1ccc(F)cc1. The molecule has 4 heteroatoms. The van der Waals surface area contributed by atoms with E-state index in [-0.39, 0.29) is 11.7 Å². The van der Waals surface area contributed by atoms with Crippen molar-refractivity contribution in [1.82, 2.24) is 0 Å². The third-order valence-electron chi connectivity index (χ3n) is 3.12. The zero-order valence-electron chi connectivity index (χ0n) is 11.6. The van der Waals surface area contributed by atoms with E-state index in [9.17, 15) is 9.18 Å². The Morgan fingerprint density at radius 3 is 2.20 bits per heavy atom. The molecule has 0 aliphatic heterocycles. The maximum atomic E-state index is 13.0. The lowest BCUT2D eigenvalue weighted by atomic mass is 10.1. The predicted octanol–water partition coefficient (Wildman–Crippen LogP) is 3.53. The zero-order valence-corrected chi connectivity index (χ0v) is 11.6. The predicted molar refractivity (Wildman–Crippen MR) is 79.7 cm³/mol. The van der Waals surface area contributed by atoms with E-state index in [0.29, 0.717) is 17.8 Å². The van der Waals surface area contributed by atoms with Crippen molar-refractivity contribution in [3.8, 4) is 0 Å². The molecule has 0 spiro atoms. The third-order valence-corrected chi connectivity index (χ3v) is 3.12. The summed E-state index contributed by atoms with van der Waals surface area (Å²) in [5.41, 5.74) is 2.25. The number of benzene rings is 2. The van der Waals surface area contributed by atoms with Crippen LogP contribution in [0.3, 0.4) is 0 Å². The Bertz CT molecular complexity index is 578. The molecule has 0 unspecified atom stereocenters. The lowest BCUT2D eigenvalue weighted by Crippen LogP contribution is -2.30. The summed E-state index contributed by atoms with van der Waals surface area (Å²) in [5, 5.41) is 3.01. The molecule has 1 amide bonds. The van der Waals surface area contributed by atoms with Crippen LogP contribution in [0.4, 0.5) is 15.8 Å². The average molecular weight is 272 g/mol. The highest BCUT2D eigenvalue weighted by atomic mass is 19.1. The van der Waals surface area contributed by atoms with Crippen molar-refractivity contribution < 1.29 is 9.18 Å². The van der Waals surface area contributed by atoms with Gasteiger partial charge >= 0.3 is 0 Å². The van der Waals surface area contributed by atoms with Gasteiger partial charge < -0.3 is 10.2 Å². The van der Waals surface area contributed by atoms with Crippen LogP contribution in [-0.2, 0) is 0 Å². The third kappa shape index (κ3) is 2.96.